The third-order valence-electron chi connectivity index (χ3n) is 4.67. The maximum atomic E-state index is 12.6. The number of aromatic nitrogens is 2. The van der Waals surface area contributed by atoms with E-state index in [1.807, 2.05) is 31.2 Å². The van der Waals surface area contributed by atoms with Crippen LogP contribution in [-0.4, -0.2) is 49.3 Å². The van der Waals surface area contributed by atoms with E-state index >= 15 is 0 Å². The third-order valence-corrected chi connectivity index (χ3v) is 4.67. The number of carbonyl (C=O) groups is 1. The van der Waals surface area contributed by atoms with Gasteiger partial charge in [0.1, 0.15) is 0 Å². The number of ether oxygens (including phenoxy) is 3. The average molecular weight is 423 g/mol. The highest BCUT2D eigenvalue weighted by Crippen LogP contribution is 2.40. The molecule has 0 unspecified atom stereocenters. The Morgan fingerprint density at radius 3 is 2.39 bits per heavy atom. The first-order valence-corrected chi connectivity index (χ1v) is 9.58. The SMILES string of the molecule is COc1ccc(/C=C/C(=O)N(C)Cc2nc(-c3ccc(C)cc3)no2)c(OC)c1OC. The Morgan fingerprint density at radius 2 is 1.74 bits per heavy atom. The molecular formula is C23H25N3O5. The second-order valence-electron chi connectivity index (χ2n) is 6.83. The standard InChI is InChI=1S/C23H25N3O5/c1-15-6-8-17(9-7-15)23-24-19(31-25-23)14-26(2)20(27)13-11-16-10-12-18(28-3)22(30-5)21(16)29-4/h6-13H,14H2,1-5H3/b13-11+. The van der Waals surface area contributed by atoms with Gasteiger partial charge in [-0.3, -0.25) is 4.79 Å². The first kappa shape index (κ1) is 21.9. The molecule has 0 aliphatic rings. The lowest BCUT2D eigenvalue weighted by Crippen LogP contribution is -2.24. The minimum atomic E-state index is -0.230. The van der Waals surface area contributed by atoms with Crippen molar-refractivity contribution in [1.82, 2.24) is 15.0 Å². The second kappa shape index (κ2) is 9.80. The number of hydrogen-bond acceptors (Lipinski definition) is 7. The summed E-state index contributed by atoms with van der Waals surface area (Å²) in [4.78, 5) is 18.4. The normalized spacial score (nSPS) is 10.9. The van der Waals surface area contributed by atoms with Gasteiger partial charge in [-0.2, -0.15) is 4.98 Å². The quantitative estimate of drug-likeness (QED) is 0.510. The van der Waals surface area contributed by atoms with Crippen molar-refractivity contribution in [1.29, 1.82) is 0 Å². The fourth-order valence-corrected chi connectivity index (χ4v) is 2.96. The van der Waals surface area contributed by atoms with Crippen LogP contribution in [-0.2, 0) is 11.3 Å². The van der Waals surface area contributed by atoms with Crippen molar-refractivity contribution in [3.8, 4) is 28.6 Å². The van der Waals surface area contributed by atoms with Crippen LogP contribution in [0.25, 0.3) is 17.5 Å². The van der Waals surface area contributed by atoms with E-state index in [4.69, 9.17) is 18.7 Å². The number of likely N-dealkylation sites (N-methyl/N-ethyl adjacent to an activating group) is 1. The average Bonchev–Trinajstić information content (AvgIpc) is 3.25. The smallest absolute Gasteiger partial charge is 0.246 e. The first-order chi connectivity index (χ1) is 15.0. The van der Waals surface area contributed by atoms with Crippen LogP contribution in [0.15, 0.2) is 47.0 Å². The van der Waals surface area contributed by atoms with Gasteiger partial charge in [-0.25, -0.2) is 0 Å². The van der Waals surface area contributed by atoms with E-state index in [0.29, 0.717) is 34.5 Å². The molecule has 3 rings (SSSR count). The predicted molar refractivity (Wildman–Crippen MR) is 116 cm³/mol. The van der Waals surface area contributed by atoms with Gasteiger partial charge in [-0.1, -0.05) is 35.0 Å². The summed E-state index contributed by atoms with van der Waals surface area (Å²) in [7, 11) is 6.27. The van der Waals surface area contributed by atoms with Gasteiger partial charge < -0.3 is 23.6 Å². The fraction of sp³-hybridized carbons (Fsp3) is 0.261. The highest BCUT2D eigenvalue weighted by atomic mass is 16.5. The maximum Gasteiger partial charge on any atom is 0.246 e. The summed E-state index contributed by atoms with van der Waals surface area (Å²) >= 11 is 0. The number of benzene rings is 2. The Bertz CT molecular complexity index is 1070. The Morgan fingerprint density at radius 1 is 1.03 bits per heavy atom. The van der Waals surface area contributed by atoms with Gasteiger partial charge in [0.05, 0.1) is 27.9 Å². The molecule has 162 valence electrons. The molecule has 0 bridgehead atoms. The molecule has 0 atom stereocenters. The molecule has 1 heterocycles. The molecule has 0 N–H and O–H groups in total. The molecule has 3 aromatic rings. The molecule has 0 aliphatic carbocycles. The van der Waals surface area contributed by atoms with Crippen LogP contribution in [0, 0.1) is 6.92 Å². The van der Waals surface area contributed by atoms with Crippen molar-refractivity contribution in [3.63, 3.8) is 0 Å². The van der Waals surface area contributed by atoms with E-state index in [1.165, 1.54) is 25.2 Å². The van der Waals surface area contributed by atoms with Gasteiger partial charge in [0.25, 0.3) is 0 Å². The van der Waals surface area contributed by atoms with E-state index in [9.17, 15) is 4.79 Å². The molecular weight excluding hydrogens is 398 g/mol. The van der Waals surface area contributed by atoms with E-state index in [-0.39, 0.29) is 12.5 Å². The monoisotopic (exact) mass is 423 g/mol. The molecule has 0 spiro atoms. The van der Waals surface area contributed by atoms with Crippen molar-refractivity contribution in [2.45, 2.75) is 13.5 Å². The Balaban J connectivity index is 1.70. The van der Waals surface area contributed by atoms with Gasteiger partial charge in [0.15, 0.2) is 11.5 Å². The van der Waals surface area contributed by atoms with Crippen molar-refractivity contribution in [2.24, 2.45) is 0 Å². The third kappa shape index (κ3) is 5.03. The van der Waals surface area contributed by atoms with Crippen molar-refractivity contribution >= 4 is 12.0 Å². The van der Waals surface area contributed by atoms with E-state index in [0.717, 1.165) is 11.1 Å². The predicted octanol–water partition coefficient (Wildman–Crippen LogP) is 3.74. The lowest BCUT2D eigenvalue weighted by molar-refractivity contribution is -0.125. The molecule has 8 heteroatoms. The molecule has 0 aliphatic heterocycles. The summed E-state index contributed by atoms with van der Waals surface area (Å²) in [6.07, 6.45) is 3.10. The molecule has 0 radical (unpaired) electrons. The molecule has 0 saturated carbocycles. The lowest BCUT2D eigenvalue weighted by Gasteiger charge is -2.14. The summed E-state index contributed by atoms with van der Waals surface area (Å²) in [5.74, 6) is 2.09. The summed E-state index contributed by atoms with van der Waals surface area (Å²) in [6, 6.07) is 11.4. The summed E-state index contributed by atoms with van der Waals surface area (Å²) in [5.41, 5.74) is 2.69. The fourth-order valence-electron chi connectivity index (χ4n) is 2.96. The van der Waals surface area contributed by atoms with E-state index in [2.05, 4.69) is 10.1 Å². The van der Waals surface area contributed by atoms with Crippen molar-refractivity contribution in [2.75, 3.05) is 28.4 Å². The number of aryl methyl sites for hydroxylation is 1. The van der Waals surface area contributed by atoms with Gasteiger partial charge in [-0.05, 0) is 25.1 Å². The van der Waals surface area contributed by atoms with Crippen molar-refractivity contribution in [3.05, 3.63) is 59.5 Å². The minimum Gasteiger partial charge on any atom is -0.493 e. The molecule has 31 heavy (non-hydrogen) atoms. The number of carbonyl (C=O) groups excluding carboxylic acids is 1. The van der Waals surface area contributed by atoms with Crippen LogP contribution in [0.2, 0.25) is 0 Å². The van der Waals surface area contributed by atoms with Gasteiger partial charge in [0, 0.05) is 24.3 Å². The van der Waals surface area contributed by atoms with Crippen LogP contribution in [0.1, 0.15) is 17.0 Å². The van der Waals surface area contributed by atoms with Gasteiger partial charge in [0.2, 0.25) is 23.4 Å². The second-order valence-corrected chi connectivity index (χ2v) is 6.83. The minimum absolute atomic E-state index is 0.186. The number of hydrogen-bond donors (Lipinski definition) is 0. The topological polar surface area (TPSA) is 86.9 Å². The molecule has 1 aromatic heterocycles. The number of methoxy groups -OCH3 is 3. The molecule has 0 fully saturated rings. The Hall–Kier alpha value is -3.81. The van der Waals surface area contributed by atoms with Crippen LogP contribution in [0.5, 0.6) is 17.2 Å². The van der Waals surface area contributed by atoms with Crippen LogP contribution >= 0.6 is 0 Å². The maximum absolute atomic E-state index is 12.6. The molecule has 1 amide bonds. The van der Waals surface area contributed by atoms with Crippen molar-refractivity contribution < 1.29 is 23.5 Å². The van der Waals surface area contributed by atoms with E-state index < -0.39 is 0 Å². The van der Waals surface area contributed by atoms with Crippen LogP contribution in [0.4, 0.5) is 0 Å². The van der Waals surface area contributed by atoms with Crippen LogP contribution in [0.3, 0.4) is 0 Å². The van der Waals surface area contributed by atoms with Gasteiger partial charge in [-0.15, -0.1) is 0 Å². The summed E-state index contributed by atoms with van der Waals surface area (Å²) in [6.45, 7) is 2.20. The van der Waals surface area contributed by atoms with Gasteiger partial charge >= 0.3 is 0 Å². The summed E-state index contributed by atoms with van der Waals surface area (Å²) < 4.78 is 21.4. The zero-order chi connectivity index (χ0) is 22.4. The molecule has 8 nitrogen and oxygen atoms in total. The molecule has 2 aromatic carbocycles. The summed E-state index contributed by atoms with van der Waals surface area (Å²) in [5, 5.41) is 4.00. The molecule has 0 saturated heterocycles. The first-order valence-electron chi connectivity index (χ1n) is 9.58. The largest absolute Gasteiger partial charge is 0.493 e. The Labute approximate surface area is 181 Å². The number of amides is 1. The highest BCUT2D eigenvalue weighted by Gasteiger charge is 2.16. The number of nitrogens with zero attached hydrogens (tertiary/aromatic N) is 3. The van der Waals surface area contributed by atoms with Crippen LogP contribution < -0.4 is 14.2 Å². The Kier molecular flexibility index (Phi) is 6.92. The zero-order valence-corrected chi connectivity index (χ0v) is 18.2. The van der Waals surface area contributed by atoms with E-state index in [1.54, 1.807) is 32.4 Å². The lowest BCUT2D eigenvalue weighted by atomic mass is 10.1. The number of rotatable bonds is 8. The highest BCUT2D eigenvalue weighted by molar-refractivity contribution is 5.92. The zero-order valence-electron chi connectivity index (χ0n) is 18.2.